The largest absolute Gasteiger partial charge is 0.460 e. The van der Waals surface area contributed by atoms with Gasteiger partial charge in [-0.3, -0.25) is 5.10 Å². The van der Waals surface area contributed by atoms with Gasteiger partial charge in [0.2, 0.25) is 5.82 Å². The Morgan fingerprint density at radius 3 is 2.80 bits per heavy atom. The summed E-state index contributed by atoms with van der Waals surface area (Å²) in [4.78, 5) is 15.7. The third-order valence-corrected chi connectivity index (χ3v) is 2.96. The maximum Gasteiger partial charge on any atom is 0.375 e. The summed E-state index contributed by atoms with van der Waals surface area (Å²) in [6, 6.07) is 14.0. The molecule has 0 aliphatic carbocycles. The molecular formula is C15H13N3O2. The number of carbonyl (C=O) groups excluding carboxylic acids is 1. The number of aromatic amines is 1. The summed E-state index contributed by atoms with van der Waals surface area (Å²) in [6.07, 6.45) is 0. The monoisotopic (exact) mass is 267 g/mol. The molecule has 0 bridgehead atoms. The Balaban J connectivity index is 1.96. The lowest BCUT2D eigenvalue weighted by molar-refractivity contribution is 0.0512. The van der Waals surface area contributed by atoms with Gasteiger partial charge in [0.1, 0.15) is 0 Å². The maximum atomic E-state index is 11.5. The fourth-order valence-electron chi connectivity index (χ4n) is 2.01. The third-order valence-electron chi connectivity index (χ3n) is 2.96. The van der Waals surface area contributed by atoms with E-state index in [1.54, 1.807) is 6.92 Å². The number of nitrogens with one attached hydrogen (secondary N) is 1. The summed E-state index contributed by atoms with van der Waals surface area (Å²) >= 11 is 0. The number of carbonyl (C=O) groups is 1. The molecule has 5 heteroatoms. The first-order chi connectivity index (χ1) is 9.78. The molecule has 0 spiro atoms. The minimum atomic E-state index is -0.493. The molecule has 100 valence electrons. The van der Waals surface area contributed by atoms with Gasteiger partial charge in [0, 0.05) is 5.56 Å². The number of rotatable bonds is 3. The molecule has 0 aliphatic rings. The molecule has 20 heavy (non-hydrogen) atoms. The van der Waals surface area contributed by atoms with Crippen LogP contribution in [-0.2, 0) is 4.74 Å². The Bertz CT molecular complexity index is 764. The van der Waals surface area contributed by atoms with E-state index in [2.05, 4.69) is 15.2 Å². The summed E-state index contributed by atoms with van der Waals surface area (Å²) in [5.74, 6) is 0.112. The van der Waals surface area contributed by atoms with Gasteiger partial charge in [-0.15, -0.1) is 0 Å². The molecule has 2 aromatic carbocycles. The van der Waals surface area contributed by atoms with Crippen LogP contribution in [0.15, 0.2) is 42.5 Å². The van der Waals surface area contributed by atoms with Crippen molar-refractivity contribution < 1.29 is 9.53 Å². The van der Waals surface area contributed by atoms with Crippen molar-refractivity contribution in [3.05, 3.63) is 48.3 Å². The average molecular weight is 267 g/mol. The highest BCUT2D eigenvalue weighted by Crippen LogP contribution is 2.21. The summed E-state index contributed by atoms with van der Waals surface area (Å²) in [7, 11) is 0. The van der Waals surface area contributed by atoms with Crippen molar-refractivity contribution in [2.45, 2.75) is 6.92 Å². The normalized spacial score (nSPS) is 10.7. The van der Waals surface area contributed by atoms with Crippen molar-refractivity contribution in [3.63, 3.8) is 0 Å². The second-order valence-corrected chi connectivity index (χ2v) is 4.29. The second kappa shape index (κ2) is 5.13. The lowest BCUT2D eigenvalue weighted by Crippen LogP contribution is -2.06. The molecule has 0 fully saturated rings. The topological polar surface area (TPSA) is 67.9 Å². The van der Waals surface area contributed by atoms with Crippen molar-refractivity contribution in [2.24, 2.45) is 0 Å². The number of nitrogens with zero attached hydrogens (tertiary/aromatic N) is 2. The van der Waals surface area contributed by atoms with Crippen LogP contribution < -0.4 is 0 Å². The first-order valence-corrected chi connectivity index (χ1v) is 6.36. The number of aromatic nitrogens is 3. The Morgan fingerprint density at radius 2 is 2.00 bits per heavy atom. The quantitative estimate of drug-likeness (QED) is 0.741. The molecule has 0 saturated carbocycles. The van der Waals surface area contributed by atoms with Crippen LogP contribution in [0.4, 0.5) is 0 Å². The predicted molar refractivity (Wildman–Crippen MR) is 75.3 cm³/mol. The van der Waals surface area contributed by atoms with Crippen molar-refractivity contribution in [1.82, 2.24) is 15.2 Å². The van der Waals surface area contributed by atoms with Gasteiger partial charge >= 0.3 is 5.97 Å². The molecule has 3 rings (SSSR count). The summed E-state index contributed by atoms with van der Waals surface area (Å²) < 4.78 is 4.87. The van der Waals surface area contributed by atoms with E-state index in [0.717, 1.165) is 16.3 Å². The summed E-state index contributed by atoms with van der Waals surface area (Å²) in [5.41, 5.74) is 0.857. The number of fused-ring (bicyclic) bond motifs is 1. The molecule has 0 amide bonds. The van der Waals surface area contributed by atoms with Crippen molar-refractivity contribution in [2.75, 3.05) is 6.61 Å². The zero-order valence-corrected chi connectivity index (χ0v) is 11.0. The molecule has 5 nitrogen and oxygen atoms in total. The first kappa shape index (κ1) is 12.3. The molecule has 0 atom stereocenters. The minimum Gasteiger partial charge on any atom is -0.460 e. The lowest BCUT2D eigenvalue weighted by atomic mass is 10.1. The van der Waals surface area contributed by atoms with Gasteiger partial charge in [0.05, 0.1) is 6.61 Å². The smallest absolute Gasteiger partial charge is 0.375 e. The van der Waals surface area contributed by atoms with Crippen molar-refractivity contribution in [3.8, 4) is 11.4 Å². The highest BCUT2D eigenvalue weighted by molar-refractivity contribution is 5.88. The fraction of sp³-hybridized carbons (Fsp3) is 0.133. The lowest BCUT2D eigenvalue weighted by Gasteiger charge is -1.99. The fourth-order valence-corrected chi connectivity index (χ4v) is 2.01. The number of esters is 1. The zero-order valence-electron chi connectivity index (χ0n) is 11.0. The van der Waals surface area contributed by atoms with E-state index >= 15 is 0 Å². The number of H-pyrrole nitrogens is 1. The van der Waals surface area contributed by atoms with Crippen LogP contribution in [0.1, 0.15) is 17.5 Å². The zero-order chi connectivity index (χ0) is 13.9. The van der Waals surface area contributed by atoms with E-state index in [4.69, 9.17) is 4.74 Å². The number of ether oxygens (including phenoxy) is 1. The number of benzene rings is 2. The molecule has 0 unspecified atom stereocenters. The van der Waals surface area contributed by atoms with Crippen LogP contribution in [0.25, 0.3) is 22.2 Å². The van der Waals surface area contributed by atoms with Crippen LogP contribution in [0.5, 0.6) is 0 Å². The first-order valence-electron chi connectivity index (χ1n) is 6.36. The third kappa shape index (κ3) is 2.25. The highest BCUT2D eigenvalue weighted by Gasteiger charge is 2.13. The molecule has 1 heterocycles. The Hall–Kier alpha value is -2.69. The van der Waals surface area contributed by atoms with Crippen LogP contribution in [0, 0.1) is 0 Å². The number of hydrogen-bond acceptors (Lipinski definition) is 4. The second-order valence-electron chi connectivity index (χ2n) is 4.29. The Labute approximate surface area is 115 Å². The summed E-state index contributed by atoms with van der Waals surface area (Å²) in [5, 5.41) is 8.92. The standard InChI is InChI=1S/C15H13N3O2/c1-2-20-15(19)14-16-13(17-18-14)12-8-7-10-5-3-4-6-11(10)9-12/h3-9H,2H2,1H3,(H,16,17,18). The SMILES string of the molecule is CCOC(=O)c1nc(-c2ccc3ccccc3c2)n[nH]1. The molecular weight excluding hydrogens is 254 g/mol. The van der Waals surface area contributed by atoms with E-state index in [0.29, 0.717) is 12.4 Å². The van der Waals surface area contributed by atoms with Gasteiger partial charge in [0.25, 0.3) is 0 Å². The Morgan fingerprint density at radius 1 is 1.20 bits per heavy atom. The van der Waals surface area contributed by atoms with Gasteiger partial charge in [-0.2, -0.15) is 5.10 Å². The average Bonchev–Trinajstić information content (AvgIpc) is 2.97. The molecule has 3 aromatic rings. The van der Waals surface area contributed by atoms with Gasteiger partial charge in [-0.1, -0.05) is 36.4 Å². The van der Waals surface area contributed by atoms with Gasteiger partial charge in [0.15, 0.2) is 5.82 Å². The maximum absolute atomic E-state index is 11.5. The van der Waals surface area contributed by atoms with E-state index in [9.17, 15) is 4.79 Å². The predicted octanol–water partition coefficient (Wildman–Crippen LogP) is 2.80. The summed E-state index contributed by atoms with van der Waals surface area (Å²) in [6.45, 7) is 2.06. The van der Waals surface area contributed by atoms with Crippen LogP contribution >= 0.6 is 0 Å². The van der Waals surface area contributed by atoms with Gasteiger partial charge in [-0.25, -0.2) is 9.78 Å². The molecule has 1 aromatic heterocycles. The Kier molecular flexibility index (Phi) is 3.16. The van der Waals surface area contributed by atoms with E-state index in [-0.39, 0.29) is 5.82 Å². The van der Waals surface area contributed by atoms with E-state index < -0.39 is 5.97 Å². The minimum absolute atomic E-state index is 0.120. The molecule has 1 N–H and O–H groups in total. The van der Waals surface area contributed by atoms with Crippen LogP contribution in [0.3, 0.4) is 0 Å². The van der Waals surface area contributed by atoms with E-state index in [1.807, 2.05) is 42.5 Å². The van der Waals surface area contributed by atoms with Crippen LogP contribution in [0.2, 0.25) is 0 Å². The van der Waals surface area contributed by atoms with Crippen molar-refractivity contribution >= 4 is 16.7 Å². The van der Waals surface area contributed by atoms with Gasteiger partial charge < -0.3 is 4.74 Å². The molecule has 0 aliphatic heterocycles. The van der Waals surface area contributed by atoms with Crippen molar-refractivity contribution in [1.29, 1.82) is 0 Å². The van der Waals surface area contributed by atoms with E-state index in [1.165, 1.54) is 0 Å². The molecule has 0 radical (unpaired) electrons. The highest BCUT2D eigenvalue weighted by atomic mass is 16.5. The molecule has 0 saturated heterocycles. The van der Waals surface area contributed by atoms with Gasteiger partial charge in [-0.05, 0) is 23.8 Å². The number of hydrogen-bond donors (Lipinski definition) is 1. The van der Waals surface area contributed by atoms with Crippen LogP contribution in [-0.4, -0.2) is 27.8 Å².